The molecule has 1 aliphatic rings. The minimum Gasteiger partial charge on any atom is -0.496 e. The number of benzene rings is 1. The van der Waals surface area contributed by atoms with Crippen molar-refractivity contribution in [1.29, 1.82) is 0 Å². The number of aryl methyl sites for hydroxylation is 1. The smallest absolute Gasteiger partial charge is 0.419 e. The molecule has 2 aromatic rings. The van der Waals surface area contributed by atoms with Gasteiger partial charge in [-0.05, 0) is 45.4 Å². The zero-order valence-corrected chi connectivity index (χ0v) is 16.3. The van der Waals surface area contributed by atoms with Crippen LogP contribution in [0.25, 0.3) is 10.9 Å². The summed E-state index contributed by atoms with van der Waals surface area (Å²) in [4.78, 5) is 15.0. The summed E-state index contributed by atoms with van der Waals surface area (Å²) in [6.45, 7) is 11.7. The van der Waals surface area contributed by atoms with Gasteiger partial charge in [0.1, 0.15) is 11.4 Å². The van der Waals surface area contributed by atoms with Crippen molar-refractivity contribution in [3.8, 4) is 5.75 Å². The Balaban J connectivity index is 2.03. The number of ether oxygens (including phenoxy) is 3. The molecule has 0 amide bonds. The summed E-state index contributed by atoms with van der Waals surface area (Å²) < 4.78 is 18.2. The highest BCUT2D eigenvalue weighted by Gasteiger charge is 2.23. The average molecular weight is 360 g/mol. The van der Waals surface area contributed by atoms with Gasteiger partial charge in [-0.2, -0.15) is 0 Å². The minimum atomic E-state index is -0.537. The van der Waals surface area contributed by atoms with Gasteiger partial charge in [0.05, 0.1) is 25.8 Å². The summed E-state index contributed by atoms with van der Waals surface area (Å²) in [5.41, 5.74) is 2.42. The number of hydrogen-bond donors (Lipinski definition) is 0. The zero-order chi connectivity index (χ0) is 18.9. The molecule has 1 aromatic heterocycles. The lowest BCUT2D eigenvalue weighted by Crippen LogP contribution is -2.35. The first-order valence-corrected chi connectivity index (χ1v) is 9.01. The molecule has 26 heavy (non-hydrogen) atoms. The van der Waals surface area contributed by atoms with Gasteiger partial charge in [-0.25, -0.2) is 4.79 Å². The molecule has 6 nitrogen and oxygen atoms in total. The third-order valence-corrected chi connectivity index (χ3v) is 4.53. The van der Waals surface area contributed by atoms with Gasteiger partial charge in [0.2, 0.25) is 0 Å². The standard InChI is InChI=1S/C20H28N2O4/c1-14-12-17(24-5)16(13-21-8-10-25-11-9-21)15-6-7-22(18(14)15)19(23)26-20(2,3)4/h6-7,12H,8-11,13H2,1-5H3. The summed E-state index contributed by atoms with van der Waals surface area (Å²) in [5.74, 6) is 0.850. The second-order valence-corrected chi connectivity index (χ2v) is 7.69. The molecule has 6 heteroatoms. The van der Waals surface area contributed by atoms with Crippen LogP contribution in [0.4, 0.5) is 4.79 Å². The lowest BCUT2D eigenvalue weighted by atomic mass is 10.0. The fourth-order valence-corrected chi connectivity index (χ4v) is 3.35. The maximum absolute atomic E-state index is 12.6. The van der Waals surface area contributed by atoms with Gasteiger partial charge in [0.25, 0.3) is 0 Å². The van der Waals surface area contributed by atoms with Crippen molar-refractivity contribution in [3.05, 3.63) is 29.5 Å². The Kier molecular flexibility index (Phi) is 5.25. The molecule has 0 bridgehead atoms. The first-order chi connectivity index (χ1) is 12.3. The summed E-state index contributed by atoms with van der Waals surface area (Å²) in [6.07, 6.45) is 1.42. The largest absolute Gasteiger partial charge is 0.496 e. The topological polar surface area (TPSA) is 52.9 Å². The molecule has 0 N–H and O–H groups in total. The number of methoxy groups -OCH3 is 1. The molecular weight excluding hydrogens is 332 g/mol. The van der Waals surface area contributed by atoms with E-state index < -0.39 is 5.60 Å². The Hall–Kier alpha value is -2.05. The van der Waals surface area contributed by atoms with Crippen molar-refractivity contribution in [2.75, 3.05) is 33.4 Å². The Morgan fingerprint density at radius 2 is 1.96 bits per heavy atom. The number of hydrogen-bond acceptors (Lipinski definition) is 5. The molecular formula is C20H28N2O4. The van der Waals surface area contributed by atoms with Gasteiger partial charge >= 0.3 is 6.09 Å². The monoisotopic (exact) mass is 360 g/mol. The Morgan fingerprint density at radius 1 is 1.27 bits per heavy atom. The first kappa shape index (κ1) is 18.7. The van der Waals surface area contributed by atoms with Gasteiger partial charge in [0.15, 0.2) is 0 Å². The Morgan fingerprint density at radius 3 is 2.58 bits per heavy atom. The van der Waals surface area contributed by atoms with Crippen molar-refractivity contribution in [2.24, 2.45) is 0 Å². The molecule has 142 valence electrons. The highest BCUT2D eigenvalue weighted by Crippen LogP contribution is 2.33. The molecule has 1 fully saturated rings. The first-order valence-electron chi connectivity index (χ1n) is 9.01. The van der Waals surface area contributed by atoms with Crippen molar-refractivity contribution in [3.63, 3.8) is 0 Å². The van der Waals surface area contributed by atoms with E-state index in [0.717, 1.165) is 60.6 Å². The van der Waals surface area contributed by atoms with E-state index in [2.05, 4.69) is 4.90 Å². The summed E-state index contributed by atoms with van der Waals surface area (Å²) in [6, 6.07) is 3.98. The zero-order valence-electron chi connectivity index (χ0n) is 16.3. The van der Waals surface area contributed by atoms with Gasteiger partial charge in [-0.1, -0.05) is 0 Å². The van der Waals surface area contributed by atoms with Crippen molar-refractivity contribution >= 4 is 17.0 Å². The van der Waals surface area contributed by atoms with E-state index in [1.165, 1.54) is 0 Å². The lowest BCUT2D eigenvalue weighted by molar-refractivity contribution is 0.0341. The minimum absolute atomic E-state index is 0.363. The number of carbonyl (C=O) groups excluding carboxylic acids is 1. The quantitative estimate of drug-likeness (QED) is 0.837. The summed E-state index contributed by atoms with van der Waals surface area (Å²) in [7, 11) is 1.69. The Labute approximate surface area is 154 Å². The van der Waals surface area contributed by atoms with Crippen molar-refractivity contribution < 1.29 is 19.0 Å². The van der Waals surface area contributed by atoms with E-state index in [0.29, 0.717) is 0 Å². The van der Waals surface area contributed by atoms with Crippen LogP contribution in [-0.4, -0.2) is 54.6 Å². The molecule has 0 unspecified atom stereocenters. The second kappa shape index (κ2) is 7.29. The normalized spacial score (nSPS) is 16.0. The van der Waals surface area contributed by atoms with E-state index in [1.54, 1.807) is 17.9 Å². The van der Waals surface area contributed by atoms with Crippen molar-refractivity contribution in [1.82, 2.24) is 9.47 Å². The van der Waals surface area contributed by atoms with Crippen LogP contribution in [0, 0.1) is 6.92 Å². The van der Waals surface area contributed by atoms with Gasteiger partial charge in [-0.15, -0.1) is 0 Å². The Bertz CT molecular complexity index is 798. The SMILES string of the molecule is COc1cc(C)c2c(ccn2C(=O)OC(C)(C)C)c1CN1CCOCC1. The third kappa shape index (κ3) is 3.86. The van der Waals surface area contributed by atoms with Crippen LogP contribution in [0.3, 0.4) is 0 Å². The number of morpholine rings is 1. The predicted octanol–water partition coefficient (Wildman–Crippen LogP) is 3.57. The molecule has 0 aliphatic carbocycles. The molecule has 0 radical (unpaired) electrons. The van der Waals surface area contributed by atoms with Gasteiger partial charge in [-0.3, -0.25) is 9.47 Å². The number of carbonyl (C=O) groups is 1. The van der Waals surface area contributed by atoms with Gasteiger partial charge in [0, 0.05) is 36.8 Å². The van der Waals surface area contributed by atoms with Crippen molar-refractivity contribution in [2.45, 2.75) is 39.8 Å². The predicted molar refractivity (Wildman–Crippen MR) is 101 cm³/mol. The molecule has 3 rings (SSSR count). The van der Waals surface area contributed by atoms with Crippen LogP contribution in [0.2, 0.25) is 0 Å². The number of aromatic nitrogens is 1. The lowest BCUT2D eigenvalue weighted by Gasteiger charge is -2.27. The molecule has 0 atom stereocenters. The van der Waals surface area contributed by atoms with E-state index in [9.17, 15) is 4.79 Å². The molecule has 2 heterocycles. The summed E-state index contributed by atoms with van der Waals surface area (Å²) >= 11 is 0. The molecule has 1 saturated heterocycles. The number of rotatable bonds is 3. The molecule has 0 saturated carbocycles. The van der Waals surface area contributed by atoms with Crippen LogP contribution in [0.1, 0.15) is 31.9 Å². The number of fused-ring (bicyclic) bond motifs is 1. The number of nitrogens with zero attached hydrogens (tertiary/aromatic N) is 2. The van der Waals surface area contributed by atoms with E-state index in [4.69, 9.17) is 14.2 Å². The third-order valence-electron chi connectivity index (χ3n) is 4.53. The average Bonchev–Trinajstić information content (AvgIpc) is 3.02. The molecule has 1 aromatic carbocycles. The van der Waals surface area contributed by atoms with E-state index >= 15 is 0 Å². The van der Waals surface area contributed by atoms with E-state index in [-0.39, 0.29) is 6.09 Å². The van der Waals surface area contributed by atoms with Crippen LogP contribution in [0.5, 0.6) is 5.75 Å². The fourth-order valence-electron chi connectivity index (χ4n) is 3.35. The van der Waals surface area contributed by atoms with Crippen LogP contribution in [-0.2, 0) is 16.0 Å². The second-order valence-electron chi connectivity index (χ2n) is 7.69. The highest BCUT2D eigenvalue weighted by molar-refractivity contribution is 5.95. The maximum atomic E-state index is 12.6. The van der Waals surface area contributed by atoms with E-state index in [1.807, 2.05) is 39.8 Å². The molecule has 1 aliphatic heterocycles. The highest BCUT2D eigenvalue weighted by atomic mass is 16.6. The van der Waals surface area contributed by atoms with Gasteiger partial charge < -0.3 is 14.2 Å². The fraction of sp³-hybridized carbons (Fsp3) is 0.550. The van der Waals surface area contributed by atoms with Crippen LogP contribution < -0.4 is 4.74 Å². The summed E-state index contributed by atoms with van der Waals surface area (Å²) in [5, 5.41) is 1.03. The van der Waals surface area contributed by atoms with Crippen LogP contribution in [0.15, 0.2) is 18.3 Å². The maximum Gasteiger partial charge on any atom is 0.419 e. The van der Waals surface area contributed by atoms with Crippen LogP contribution >= 0.6 is 0 Å². The molecule has 0 spiro atoms.